The molecule has 6 unspecified atom stereocenters. The van der Waals surface area contributed by atoms with Gasteiger partial charge in [0.15, 0.2) is 0 Å². The average molecular weight is 316 g/mol. The molecule has 0 saturated heterocycles. The molecular formula is C13H14F6O2. The summed E-state index contributed by atoms with van der Waals surface area (Å²) in [6, 6.07) is 0. The molecular weight excluding hydrogens is 302 g/mol. The fourth-order valence-corrected chi connectivity index (χ4v) is 4.60. The number of hydrogen-bond donors (Lipinski definition) is 2. The number of alkyl halides is 6. The average Bonchev–Trinajstić information content (AvgIpc) is 2.95. The van der Waals surface area contributed by atoms with Crippen LogP contribution in [-0.2, 0) is 0 Å². The number of aliphatic hydroxyl groups is 2. The first-order valence-corrected chi connectivity index (χ1v) is 6.70. The first-order valence-electron chi connectivity index (χ1n) is 6.70. The van der Waals surface area contributed by atoms with Gasteiger partial charge in [-0.1, -0.05) is 12.2 Å². The summed E-state index contributed by atoms with van der Waals surface area (Å²) in [5.74, 6) is -4.19. The van der Waals surface area contributed by atoms with Crippen LogP contribution in [0.25, 0.3) is 0 Å². The molecule has 0 radical (unpaired) electrons. The minimum Gasteiger partial charge on any atom is -0.393 e. The first-order chi connectivity index (χ1) is 9.48. The van der Waals surface area contributed by atoms with Crippen LogP contribution >= 0.6 is 0 Å². The van der Waals surface area contributed by atoms with Crippen molar-refractivity contribution in [3.8, 4) is 0 Å². The Morgan fingerprint density at radius 3 is 1.90 bits per heavy atom. The lowest BCUT2D eigenvalue weighted by Crippen LogP contribution is -2.65. The Morgan fingerprint density at radius 1 is 0.857 bits per heavy atom. The normalized spacial score (nSPS) is 42.7. The van der Waals surface area contributed by atoms with Gasteiger partial charge in [-0.3, -0.25) is 0 Å². The third kappa shape index (κ3) is 1.81. The zero-order valence-electron chi connectivity index (χ0n) is 10.7. The highest BCUT2D eigenvalue weighted by Gasteiger charge is 2.78. The van der Waals surface area contributed by atoms with E-state index < -0.39 is 47.7 Å². The second-order valence-corrected chi connectivity index (χ2v) is 6.28. The second kappa shape index (κ2) is 4.16. The molecule has 120 valence electrons. The van der Waals surface area contributed by atoms with E-state index in [-0.39, 0.29) is 12.3 Å². The Hall–Kier alpha value is -0.760. The minimum absolute atomic E-state index is 0.0923. The van der Waals surface area contributed by atoms with E-state index in [0.717, 1.165) is 0 Å². The molecule has 21 heavy (non-hydrogen) atoms. The molecule has 0 heterocycles. The highest BCUT2D eigenvalue weighted by atomic mass is 19.4. The Labute approximate surface area is 116 Å². The highest BCUT2D eigenvalue weighted by Crippen LogP contribution is 2.64. The van der Waals surface area contributed by atoms with E-state index in [1.54, 1.807) is 12.2 Å². The lowest BCUT2D eigenvalue weighted by atomic mass is 9.72. The Balaban J connectivity index is 2.06. The molecule has 0 aromatic rings. The monoisotopic (exact) mass is 316 g/mol. The van der Waals surface area contributed by atoms with Crippen LogP contribution in [0.5, 0.6) is 0 Å². The summed E-state index contributed by atoms with van der Waals surface area (Å²) in [6.07, 6.45) is -9.78. The molecule has 2 fully saturated rings. The molecule has 2 nitrogen and oxygen atoms in total. The third-order valence-corrected chi connectivity index (χ3v) is 5.38. The van der Waals surface area contributed by atoms with Gasteiger partial charge >= 0.3 is 12.4 Å². The van der Waals surface area contributed by atoms with Crippen molar-refractivity contribution in [3.05, 3.63) is 12.2 Å². The topological polar surface area (TPSA) is 40.5 Å². The van der Waals surface area contributed by atoms with Crippen LogP contribution in [0, 0.1) is 29.6 Å². The largest absolute Gasteiger partial charge is 0.426 e. The van der Waals surface area contributed by atoms with Crippen LogP contribution in [0.3, 0.4) is 0 Å². The molecule has 2 saturated carbocycles. The number of fused-ring (bicyclic) bond motifs is 5. The van der Waals surface area contributed by atoms with Crippen LogP contribution in [0.15, 0.2) is 12.2 Å². The van der Waals surface area contributed by atoms with Gasteiger partial charge in [0.05, 0.1) is 6.10 Å². The Bertz CT molecular complexity index is 454. The lowest BCUT2D eigenvalue weighted by molar-refractivity contribution is -0.393. The van der Waals surface area contributed by atoms with Gasteiger partial charge < -0.3 is 10.2 Å². The van der Waals surface area contributed by atoms with Crippen LogP contribution in [0.4, 0.5) is 26.3 Å². The second-order valence-electron chi connectivity index (χ2n) is 6.28. The van der Waals surface area contributed by atoms with E-state index in [9.17, 15) is 36.6 Å². The first kappa shape index (κ1) is 15.1. The molecule has 3 aliphatic rings. The van der Waals surface area contributed by atoms with Gasteiger partial charge in [-0.2, -0.15) is 26.3 Å². The van der Waals surface area contributed by atoms with E-state index >= 15 is 0 Å². The van der Waals surface area contributed by atoms with E-state index in [2.05, 4.69) is 0 Å². The van der Waals surface area contributed by atoms with Crippen molar-refractivity contribution in [2.75, 3.05) is 0 Å². The van der Waals surface area contributed by atoms with E-state index in [0.29, 0.717) is 6.42 Å². The van der Waals surface area contributed by atoms with Crippen LogP contribution in [0.1, 0.15) is 12.8 Å². The van der Waals surface area contributed by atoms with E-state index in [4.69, 9.17) is 0 Å². The van der Waals surface area contributed by atoms with E-state index in [1.165, 1.54) is 0 Å². The molecule has 2 N–H and O–H groups in total. The predicted molar refractivity (Wildman–Crippen MR) is 58.9 cm³/mol. The molecule has 6 atom stereocenters. The van der Waals surface area contributed by atoms with Gasteiger partial charge in [0.1, 0.15) is 0 Å². The predicted octanol–water partition coefficient (Wildman–Crippen LogP) is 2.66. The SMILES string of the molecule is OC1CC2C3C=CC(C3)C2C1C(O)(C(F)(F)F)C(F)(F)F. The van der Waals surface area contributed by atoms with Gasteiger partial charge in [-0.15, -0.1) is 0 Å². The summed E-state index contributed by atoms with van der Waals surface area (Å²) in [7, 11) is 0. The van der Waals surface area contributed by atoms with Crippen LogP contribution < -0.4 is 0 Å². The summed E-state index contributed by atoms with van der Waals surface area (Å²) in [5, 5.41) is 19.4. The maximum absolute atomic E-state index is 13.0. The van der Waals surface area contributed by atoms with Crippen LogP contribution in [0.2, 0.25) is 0 Å². The fourth-order valence-electron chi connectivity index (χ4n) is 4.60. The van der Waals surface area contributed by atoms with Crippen LogP contribution in [-0.4, -0.2) is 34.3 Å². The van der Waals surface area contributed by atoms with Crippen molar-refractivity contribution >= 4 is 0 Å². The lowest BCUT2D eigenvalue weighted by Gasteiger charge is -2.42. The van der Waals surface area contributed by atoms with E-state index in [1.807, 2.05) is 0 Å². The summed E-state index contributed by atoms with van der Waals surface area (Å²) in [6.45, 7) is 0. The smallest absolute Gasteiger partial charge is 0.393 e. The molecule has 8 heteroatoms. The molecule has 0 aromatic heterocycles. The Kier molecular flexibility index (Phi) is 3.00. The zero-order chi connectivity index (χ0) is 15.8. The number of halogens is 6. The number of allylic oxidation sites excluding steroid dienone is 2. The minimum atomic E-state index is -5.88. The Morgan fingerprint density at radius 2 is 1.38 bits per heavy atom. The van der Waals surface area contributed by atoms with Crippen molar-refractivity contribution in [3.63, 3.8) is 0 Å². The molecule has 0 aliphatic heterocycles. The van der Waals surface area contributed by atoms with Crippen molar-refractivity contribution in [1.29, 1.82) is 0 Å². The molecule has 2 bridgehead atoms. The van der Waals surface area contributed by atoms with Gasteiger partial charge in [-0.05, 0) is 36.5 Å². The fraction of sp³-hybridized carbons (Fsp3) is 0.846. The van der Waals surface area contributed by atoms with Crippen molar-refractivity contribution in [2.24, 2.45) is 29.6 Å². The van der Waals surface area contributed by atoms with Gasteiger partial charge in [-0.25, -0.2) is 0 Å². The van der Waals surface area contributed by atoms with Gasteiger partial charge in [0.25, 0.3) is 5.60 Å². The molecule has 0 spiro atoms. The molecule has 0 aromatic carbocycles. The number of rotatable bonds is 1. The summed E-state index contributed by atoms with van der Waals surface area (Å²) < 4.78 is 78.2. The summed E-state index contributed by atoms with van der Waals surface area (Å²) in [5.41, 5.74) is -4.86. The highest BCUT2D eigenvalue weighted by molar-refractivity contribution is 5.21. The summed E-state index contributed by atoms with van der Waals surface area (Å²) >= 11 is 0. The standard InChI is InChI=1S/C13H14F6O2/c14-12(15,16)11(21,13(17,18)19)10-8(20)4-7-5-1-2-6(3-5)9(7)10/h1-2,5-10,20-21H,3-4H2. The number of aliphatic hydroxyl groups excluding tert-OH is 1. The molecule has 3 rings (SSSR count). The van der Waals surface area contributed by atoms with Gasteiger partial charge in [0, 0.05) is 5.92 Å². The number of hydrogen-bond acceptors (Lipinski definition) is 2. The maximum Gasteiger partial charge on any atom is 0.426 e. The quantitative estimate of drug-likeness (QED) is 0.577. The summed E-state index contributed by atoms with van der Waals surface area (Å²) in [4.78, 5) is 0. The maximum atomic E-state index is 13.0. The third-order valence-electron chi connectivity index (χ3n) is 5.38. The molecule has 3 aliphatic carbocycles. The van der Waals surface area contributed by atoms with Crippen molar-refractivity contribution in [1.82, 2.24) is 0 Å². The zero-order valence-corrected chi connectivity index (χ0v) is 10.7. The van der Waals surface area contributed by atoms with Gasteiger partial charge in [0.2, 0.25) is 0 Å². The molecule has 0 amide bonds. The van der Waals surface area contributed by atoms with Crippen molar-refractivity contribution in [2.45, 2.75) is 36.9 Å². The van der Waals surface area contributed by atoms with Crippen molar-refractivity contribution < 1.29 is 36.6 Å².